The average molecular weight is 418 g/mol. The Morgan fingerprint density at radius 3 is 2.37 bits per heavy atom. The van der Waals surface area contributed by atoms with Crippen LogP contribution in [0.15, 0.2) is 71.1 Å². The van der Waals surface area contributed by atoms with Crippen molar-refractivity contribution in [3.8, 4) is 11.8 Å². The summed E-state index contributed by atoms with van der Waals surface area (Å²) in [6.45, 7) is 0. The predicted molar refractivity (Wildman–Crippen MR) is 111 cm³/mol. The monoisotopic (exact) mass is 418 g/mol. The van der Waals surface area contributed by atoms with Crippen molar-refractivity contribution >= 4 is 41.0 Å². The minimum Gasteiger partial charge on any atom is -0.422 e. The molecule has 0 bridgehead atoms. The fourth-order valence-corrected chi connectivity index (χ4v) is 2.80. The molecule has 0 aliphatic rings. The van der Waals surface area contributed by atoms with Crippen molar-refractivity contribution in [2.45, 2.75) is 0 Å². The third kappa shape index (κ3) is 5.60. The number of nitrogens with zero attached hydrogens (tertiary/aromatic N) is 2. The molecule has 0 aliphatic heterocycles. The summed E-state index contributed by atoms with van der Waals surface area (Å²) < 4.78 is 5.25. The van der Waals surface area contributed by atoms with E-state index in [0.29, 0.717) is 27.4 Å². The third-order valence-corrected chi connectivity index (χ3v) is 4.52. The molecule has 0 radical (unpaired) electrons. The fourth-order valence-electron chi connectivity index (χ4n) is 2.21. The molecule has 1 heterocycles. The molecule has 2 amide bonds. The number of ether oxygens (including phenoxy) is 1. The second-order valence-electron chi connectivity index (χ2n) is 5.78. The Bertz CT molecular complexity index is 1120. The molecular weight excluding hydrogens is 404 g/mol. The van der Waals surface area contributed by atoms with E-state index in [1.165, 1.54) is 41.8 Å². The van der Waals surface area contributed by atoms with Crippen LogP contribution < -0.4 is 15.5 Å². The first-order chi connectivity index (χ1) is 14.5. The van der Waals surface area contributed by atoms with Crippen molar-refractivity contribution < 1.29 is 19.1 Å². The van der Waals surface area contributed by atoms with E-state index in [1.807, 2.05) is 6.07 Å². The Morgan fingerprint density at radius 1 is 1.00 bits per heavy atom. The molecule has 2 aromatic carbocycles. The number of nitrogens with one attached hydrogen (secondary N) is 2. The van der Waals surface area contributed by atoms with E-state index in [1.54, 1.807) is 41.8 Å². The van der Waals surface area contributed by atoms with Crippen molar-refractivity contribution in [3.05, 3.63) is 82.0 Å². The van der Waals surface area contributed by atoms with Gasteiger partial charge in [-0.2, -0.15) is 10.4 Å². The average Bonchev–Trinajstić information content (AvgIpc) is 3.30. The van der Waals surface area contributed by atoms with Gasteiger partial charge in [-0.15, -0.1) is 11.3 Å². The highest BCUT2D eigenvalue weighted by Gasteiger charge is 2.13. The zero-order valence-corrected chi connectivity index (χ0v) is 16.2. The van der Waals surface area contributed by atoms with Crippen LogP contribution in [0.25, 0.3) is 0 Å². The van der Waals surface area contributed by atoms with Crippen molar-refractivity contribution in [3.63, 3.8) is 0 Å². The van der Waals surface area contributed by atoms with Crippen LogP contribution in [0.2, 0.25) is 0 Å². The number of esters is 1. The van der Waals surface area contributed by atoms with Crippen LogP contribution in [-0.4, -0.2) is 24.0 Å². The van der Waals surface area contributed by atoms with E-state index in [2.05, 4.69) is 15.8 Å². The Hall–Kier alpha value is -4.29. The Kier molecular flexibility index (Phi) is 6.66. The molecule has 3 rings (SSSR count). The number of hydrogen-bond acceptors (Lipinski definition) is 7. The van der Waals surface area contributed by atoms with Gasteiger partial charge in [0.1, 0.15) is 10.6 Å². The standard InChI is InChI=1S/C21H14N4O4S/c22-12-14-3-7-16(8-4-14)24-19(26)20(27)25-23-13-15-5-9-17(10-6-15)29-21(28)18-2-1-11-30-18/h1-11,13H,(H,24,26)(H,25,27)/b23-13+. The largest absolute Gasteiger partial charge is 0.422 e. The van der Waals surface area contributed by atoms with Gasteiger partial charge in [-0.1, -0.05) is 6.07 Å². The molecule has 0 spiro atoms. The lowest BCUT2D eigenvalue weighted by atomic mass is 10.2. The SMILES string of the molecule is N#Cc1ccc(NC(=O)C(=O)N/N=C/c2ccc(OC(=O)c3cccs3)cc2)cc1. The maximum atomic E-state index is 11.9. The van der Waals surface area contributed by atoms with E-state index in [9.17, 15) is 14.4 Å². The molecule has 148 valence electrons. The number of carbonyl (C=O) groups excluding carboxylic acids is 3. The number of rotatable bonds is 5. The lowest BCUT2D eigenvalue weighted by molar-refractivity contribution is -0.136. The van der Waals surface area contributed by atoms with Crippen LogP contribution in [-0.2, 0) is 9.59 Å². The second kappa shape index (κ2) is 9.77. The van der Waals surface area contributed by atoms with Gasteiger partial charge < -0.3 is 10.1 Å². The summed E-state index contributed by atoms with van der Waals surface area (Å²) >= 11 is 1.29. The zero-order chi connectivity index (χ0) is 21.3. The van der Waals surface area contributed by atoms with Crippen LogP contribution in [0.4, 0.5) is 5.69 Å². The van der Waals surface area contributed by atoms with Gasteiger partial charge in [-0.25, -0.2) is 10.2 Å². The van der Waals surface area contributed by atoms with Gasteiger partial charge in [0.25, 0.3) is 0 Å². The van der Waals surface area contributed by atoms with Crippen molar-refractivity contribution in [2.24, 2.45) is 5.10 Å². The van der Waals surface area contributed by atoms with Gasteiger partial charge in [0, 0.05) is 5.69 Å². The Morgan fingerprint density at radius 2 is 1.73 bits per heavy atom. The lowest BCUT2D eigenvalue weighted by Gasteiger charge is -2.04. The van der Waals surface area contributed by atoms with Gasteiger partial charge in [0.05, 0.1) is 17.8 Å². The molecular formula is C21H14N4O4S. The summed E-state index contributed by atoms with van der Waals surface area (Å²) in [6, 6.07) is 17.9. The molecule has 3 aromatic rings. The minimum absolute atomic E-state index is 0.372. The first kappa shape index (κ1) is 20.4. The third-order valence-electron chi connectivity index (χ3n) is 3.67. The van der Waals surface area contributed by atoms with Crippen LogP contribution in [0.5, 0.6) is 5.75 Å². The van der Waals surface area contributed by atoms with Crippen LogP contribution in [0.3, 0.4) is 0 Å². The number of hydrogen-bond donors (Lipinski definition) is 2. The summed E-state index contributed by atoms with van der Waals surface area (Å²) in [5, 5.41) is 16.7. The molecule has 0 atom stereocenters. The minimum atomic E-state index is -0.947. The molecule has 8 nitrogen and oxygen atoms in total. The molecule has 0 aliphatic carbocycles. The highest BCUT2D eigenvalue weighted by Crippen LogP contribution is 2.16. The Labute approximate surface area is 175 Å². The summed E-state index contributed by atoms with van der Waals surface area (Å²) in [4.78, 5) is 36.0. The second-order valence-corrected chi connectivity index (χ2v) is 6.73. The molecule has 9 heteroatoms. The van der Waals surface area contributed by atoms with E-state index < -0.39 is 17.8 Å². The van der Waals surface area contributed by atoms with E-state index >= 15 is 0 Å². The maximum Gasteiger partial charge on any atom is 0.353 e. The van der Waals surface area contributed by atoms with Gasteiger partial charge >= 0.3 is 17.8 Å². The fraction of sp³-hybridized carbons (Fsp3) is 0. The smallest absolute Gasteiger partial charge is 0.353 e. The molecule has 1 aromatic heterocycles. The highest BCUT2D eigenvalue weighted by molar-refractivity contribution is 7.12. The maximum absolute atomic E-state index is 11.9. The Balaban J connectivity index is 1.49. The molecule has 0 saturated carbocycles. The highest BCUT2D eigenvalue weighted by atomic mass is 32.1. The van der Waals surface area contributed by atoms with Gasteiger partial charge in [0.2, 0.25) is 0 Å². The first-order valence-electron chi connectivity index (χ1n) is 8.55. The van der Waals surface area contributed by atoms with E-state index in [4.69, 9.17) is 10.00 Å². The molecule has 0 unspecified atom stereocenters. The molecule has 2 N–H and O–H groups in total. The van der Waals surface area contributed by atoms with Crippen LogP contribution in [0.1, 0.15) is 20.8 Å². The quantitative estimate of drug-likeness (QED) is 0.217. The van der Waals surface area contributed by atoms with Gasteiger partial charge in [-0.3, -0.25) is 9.59 Å². The number of thiophene rings is 1. The number of carbonyl (C=O) groups is 3. The van der Waals surface area contributed by atoms with Crippen LogP contribution in [0, 0.1) is 11.3 Å². The lowest BCUT2D eigenvalue weighted by Crippen LogP contribution is -2.32. The van der Waals surface area contributed by atoms with E-state index in [-0.39, 0.29) is 0 Å². The summed E-state index contributed by atoms with van der Waals surface area (Å²) in [5.41, 5.74) is 3.56. The number of nitriles is 1. The number of hydrazone groups is 1. The predicted octanol–water partition coefficient (Wildman–Crippen LogP) is 2.93. The van der Waals surface area contributed by atoms with Gasteiger partial charge in [0.15, 0.2) is 0 Å². The van der Waals surface area contributed by atoms with Crippen molar-refractivity contribution in [2.75, 3.05) is 5.32 Å². The molecule has 30 heavy (non-hydrogen) atoms. The normalized spacial score (nSPS) is 10.2. The topological polar surface area (TPSA) is 121 Å². The summed E-state index contributed by atoms with van der Waals surface area (Å²) in [5.74, 6) is -1.91. The summed E-state index contributed by atoms with van der Waals surface area (Å²) in [7, 11) is 0. The van der Waals surface area contributed by atoms with Crippen molar-refractivity contribution in [1.29, 1.82) is 5.26 Å². The van der Waals surface area contributed by atoms with Crippen LogP contribution >= 0.6 is 11.3 Å². The van der Waals surface area contributed by atoms with Crippen molar-refractivity contribution in [1.82, 2.24) is 5.43 Å². The number of amides is 2. The first-order valence-corrected chi connectivity index (χ1v) is 9.43. The van der Waals surface area contributed by atoms with E-state index in [0.717, 1.165) is 0 Å². The molecule has 0 fully saturated rings. The van der Waals surface area contributed by atoms with Gasteiger partial charge in [-0.05, 0) is 65.5 Å². The molecule has 0 saturated heterocycles. The number of benzene rings is 2. The zero-order valence-electron chi connectivity index (χ0n) is 15.4. The summed E-state index contributed by atoms with van der Waals surface area (Å²) in [6.07, 6.45) is 1.35. The number of anilines is 1.